The molecule has 0 saturated carbocycles. The van der Waals surface area contributed by atoms with Crippen LogP contribution in [0, 0.1) is 5.41 Å². The number of para-hydroxylation sites is 1. The van der Waals surface area contributed by atoms with E-state index in [9.17, 15) is 5.11 Å². The van der Waals surface area contributed by atoms with Crippen molar-refractivity contribution in [2.45, 2.75) is 44.9 Å². The minimum atomic E-state index is -0.639. The Labute approximate surface area is 114 Å². The molecule has 4 rings (SSSR count). The lowest BCUT2D eigenvalue weighted by Crippen LogP contribution is -2.49. The van der Waals surface area contributed by atoms with Crippen molar-refractivity contribution < 1.29 is 9.94 Å². The topological polar surface area (TPSA) is 32.7 Å². The molecule has 3 heteroatoms. The van der Waals surface area contributed by atoms with E-state index in [0.717, 1.165) is 12.1 Å². The van der Waals surface area contributed by atoms with Crippen LogP contribution >= 0.6 is 0 Å². The van der Waals surface area contributed by atoms with E-state index in [0.29, 0.717) is 0 Å². The molecule has 0 unspecified atom stereocenters. The largest absolute Gasteiger partial charge is 0.390 e. The van der Waals surface area contributed by atoms with E-state index < -0.39 is 11.7 Å². The van der Waals surface area contributed by atoms with Gasteiger partial charge in [0, 0.05) is 0 Å². The Morgan fingerprint density at radius 3 is 2.58 bits per heavy atom. The van der Waals surface area contributed by atoms with Gasteiger partial charge in [0.1, 0.15) is 5.60 Å². The molecule has 0 amide bonds. The van der Waals surface area contributed by atoms with Crippen molar-refractivity contribution >= 4 is 5.69 Å². The maximum atomic E-state index is 10.4. The number of aliphatic hydroxyl groups excluding tert-OH is 1. The summed E-state index contributed by atoms with van der Waals surface area (Å²) in [5, 5.41) is 12.4. The molecule has 1 saturated heterocycles. The van der Waals surface area contributed by atoms with Gasteiger partial charge < -0.3 is 5.11 Å². The molecule has 3 aliphatic rings. The standard InChI is InChI=1S/C16H21NO2/c1-15(2)11-14(18)16(3)10-9-13(15)17(19-16)12-7-5-4-6-8-12/h4-10,13-14,18H,11H2,1-3H3/t13-,14+,16+/m1/s1. The van der Waals surface area contributed by atoms with Gasteiger partial charge in [0.25, 0.3) is 0 Å². The van der Waals surface area contributed by atoms with E-state index in [1.165, 1.54) is 0 Å². The summed E-state index contributed by atoms with van der Waals surface area (Å²) in [6.45, 7) is 6.31. The van der Waals surface area contributed by atoms with Crippen LogP contribution in [-0.2, 0) is 4.84 Å². The first-order valence-electron chi connectivity index (χ1n) is 6.83. The molecule has 102 valence electrons. The van der Waals surface area contributed by atoms with Crippen molar-refractivity contribution in [3.63, 3.8) is 0 Å². The summed E-state index contributed by atoms with van der Waals surface area (Å²) in [6.07, 6.45) is 4.42. The molecule has 1 aromatic rings. The molecule has 3 nitrogen and oxygen atoms in total. The van der Waals surface area contributed by atoms with Gasteiger partial charge in [-0.15, -0.1) is 0 Å². The number of rotatable bonds is 1. The number of anilines is 1. The highest BCUT2D eigenvalue weighted by Crippen LogP contribution is 2.45. The Kier molecular flexibility index (Phi) is 2.73. The number of benzene rings is 1. The van der Waals surface area contributed by atoms with E-state index >= 15 is 0 Å². The number of fused-ring (bicyclic) bond motifs is 3. The third kappa shape index (κ3) is 1.97. The van der Waals surface area contributed by atoms with E-state index in [4.69, 9.17) is 4.84 Å². The third-order valence-electron chi connectivity index (χ3n) is 4.35. The molecule has 0 spiro atoms. The van der Waals surface area contributed by atoms with Crippen molar-refractivity contribution in [3.05, 3.63) is 42.5 Å². The lowest BCUT2D eigenvalue weighted by Gasteiger charge is -2.42. The summed E-state index contributed by atoms with van der Waals surface area (Å²) >= 11 is 0. The monoisotopic (exact) mass is 259 g/mol. The molecule has 2 aliphatic heterocycles. The zero-order valence-corrected chi connectivity index (χ0v) is 11.7. The van der Waals surface area contributed by atoms with Gasteiger partial charge in [-0.3, -0.25) is 4.84 Å². The van der Waals surface area contributed by atoms with Gasteiger partial charge >= 0.3 is 0 Å². The molecular formula is C16H21NO2. The van der Waals surface area contributed by atoms with Gasteiger partial charge in [0.15, 0.2) is 0 Å². The second-order valence-electron chi connectivity index (χ2n) is 6.45. The first kappa shape index (κ1) is 12.7. The van der Waals surface area contributed by atoms with Crippen molar-refractivity contribution in [2.24, 2.45) is 5.41 Å². The molecule has 1 fully saturated rings. The Bertz CT molecular complexity index is 497. The SMILES string of the molecule is CC1(C)C[C@H](O)[C@]2(C)C=C[C@H]1N(c1ccccc1)O2. The van der Waals surface area contributed by atoms with Crippen LogP contribution in [0.4, 0.5) is 5.69 Å². The smallest absolute Gasteiger partial charge is 0.137 e. The summed E-state index contributed by atoms with van der Waals surface area (Å²) in [5.74, 6) is 0. The highest BCUT2D eigenvalue weighted by atomic mass is 16.7. The number of aliphatic hydroxyl groups is 1. The maximum Gasteiger partial charge on any atom is 0.137 e. The van der Waals surface area contributed by atoms with Gasteiger partial charge in [0.2, 0.25) is 0 Å². The molecule has 19 heavy (non-hydrogen) atoms. The number of hydrogen-bond acceptors (Lipinski definition) is 3. The molecule has 2 heterocycles. The first-order chi connectivity index (χ1) is 8.92. The van der Waals surface area contributed by atoms with Crippen molar-refractivity contribution in [1.82, 2.24) is 0 Å². The predicted molar refractivity (Wildman–Crippen MR) is 75.7 cm³/mol. The zero-order chi connectivity index (χ0) is 13.7. The van der Waals surface area contributed by atoms with Crippen LogP contribution in [0.2, 0.25) is 0 Å². The lowest BCUT2D eigenvalue weighted by molar-refractivity contribution is -0.0887. The molecule has 1 N–H and O–H groups in total. The van der Waals surface area contributed by atoms with Crippen molar-refractivity contribution in [1.29, 1.82) is 0 Å². The predicted octanol–water partition coefficient (Wildman–Crippen LogP) is 2.91. The van der Waals surface area contributed by atoms with E-state index in [1.807, 2.05) is 48.4 Å². The molecule has 1 aliphatic carbocycles. The first-order valence-corrected chi connectivity index (χ1v) is 6.83. The van der Waals surface area contributed by atoms with Crippen LogP contribution in [-0.4, -0.2) is 22.9 Å². The minimum absolute atomic E-state index is 0.0416. The number of hydrogen-bond donors (Lipinski definition) is 1. The summed E-state index contributed by atoms with van der Waals surface area (Å²) in [7, 11) is 0. The Morgan fingerprint density at radius 2 is 1.89 bits per heavy atom. The summed E-state index contributed by atoms with van der Waals surface area (Å²) in [5.41, 5.74) is 0.352. The Morgan fingerprint density at radius 1 is 1.21 bits per heavy atom. The van der Waals surface area contributed by atoms with Gasteiger partial charge in [-0.05, 0) is 37.0 Å². The second kappa shape index (κ2) is 4.09. The molecule has 2 bridgehead atoms. The third-order valence-corrected chi connectivity index (χ3v) is 4.35. The van der Waals surface area contributed by atoms with Gasteiger partial charge in [-0.1, -0.05) is 38.1 Å². The molecular weight excluding hydrogens is 238 g/mol. The number of nitrogens with zero attached hydrogens (tertiary/aromatic N) is 1. The van der Waals surface area contributed by atoms with Crippen molar-refractivity contribution in [3.8, 4) is 0 Å². The van der Waals surface area contributed by atoms with E-state index in [2.05, 4.69) is 19.9 Å². The Hall–Kier alpha value is -1.32. The lowest BCUT2D eigenvalue weighted by atomic mass is 9.79. The van der Waals surface area contributed by atoms with Crippen LogP contribution in [0.1, 0.15) is 27.2 Å². The van der Waals surface area contributed by atoms with Crippen LogP contribution in [0.3, 0.4) is 0 Å². The molecule has 3 atom stereocenters. The highest BCUT2D eigenvalue weighted by molar-refractivity contribution is 5.48. The quantitative estimate of drug-likeness (QED) is 0.787. The maximum absolute atomic E-state index is 10.4. The highest BCUT2D eigenvalue weighted by Gasteiger charge is 2.50. The zero-order valence-electron chi connectivity index (χ0n) is 11.7. The fourth-order valence-corrected chi connectivity index (χ4v) is 3.02. The fourth-order valence-electron chi connectivity index (χ4n) is 3.02. The number of hydroxylamine groups is 1. The van der Waals surface area contributed by atoms with Gasteiger partial charge in [-0.2, -0.15) is 0 Å². The molecule has 0 aromatic heterocycles. The van der Waals surface area contributed by atoms with E-state index in [1.54, 1.807) is 0 Å². The molecule has 1 aromatic carbocycles. The normalized spacial score (nSPS) is 36.3. The summed E-state index contributed by atoms with van der Waals surface area (Å²) in [4.78, 5) is 6.13. The average Bonchev–Trinajstić information content (AvgIpc) is 2.51. The van der Waals surface area contributed by atoms with Gasteiger partial charge in [-0.25, -0.2) is 5.06 Å². The second-order valence-corrected chi connectivity index (χ2v) is 6.45. The van der Waals surface area contributed by atoms with Crippen LogP contribution < -0.4 is 5.06 Å². The van der Waals surface area contributed by atoms with Crippen molar-refractivity contribution in [2.75, 3.05) is 5.06 Å². The molecule has 0 radical (unpaired) electrons. The summed E-state index contributed by atoms with van der Waals surface area (Å²) < 4.78 is 0. The average molecular weight is 259 g/mol. The fraction of sp³-hybridized carbons (Fsp3) is 0.500. The summed E-state index contributed by atoms with van der Waals surface area (Å²) in [6, 6.07) is 10.2. The van der Waals surface area contributed by atoms with Crippen LogP contribution in [0.15, 0.2) is 42.5 Å². The minimum Gasteiger partial charge on any atom is -0.390 e. The Balaban J connectivity index is 2.07. The van der Waals surface area contributed by atoms with Gasteiger partial charge in [0.05, 0.1) is 17.8 Å². The van der Waals surface area contributed by atoms with Crippen LogP contribution in [0.25, 0.3) is 0 Å². The van der Waals surface area contributed by atoms with E-state index in [-0.39, 0.29) is 11.5 Å². The van der Waals surface area contributed by atoms with Crippen LogP contribution in [0.5, 0.6) is 0 Å².